The van der Waals surface area contributed by atoms with Crippen LogP contribution < -0.4 is 24.3 Å². The maximum absolute atomic E-state index is 13.1. The summed E-state index contributed by atoms with van der Waals surface area (Å²) >= 11 is 1.38. The van der Waals surface area contributed by atoms with Crippen molar-refractivity contribution in [3.8, 4) is 23.0 Å². The number of methoxy groups -OCH3 is 4. The normalized spacial score (nSPS) is 11.6. The molecule has 2 aromatic carbocycles. The smallest absolute Gasteiger partial charge is 0.262 e. The van der Waals surface area contributed by atoms with Gasteiger partial charge in [-0.15, -0.1) is 11.3 Å². The summed E-state index contributed by atoms with van der Waals surface area (Å²) in [5, 5.41) is 6.75. The largest absolute Gasteiger partial charge is 0.493 e. The van der Waals surface area contributed by atoms with E-state index in [4.69, 9.17) is 18.9 Å². The van der Waals surface area contributed by atoms with Crippen LogP contribution in [0.5, 0.6) is 23.0 Å². The van der Waals surface area contributed by atoms with E-state index in [1.165, 1.54) is 11.3 Å². The van der Waals surface area contributed by atoms with Crippen LogP contribution in [0.1, 0.15) is 27.0 Å². The van der Waals surface area contributed by atoms with Crippen LogP contribution in [0.25, 0.3) is 10.8 Å². The minimum atomic E-state index is -0.554. The lowest BCUT2D eigenvalue weighted by molar-refractivity contribution is 0.0946. The number of fused-ring (bicyclic) bond motifs is 1. The molecule has 7 nitrogen and oxygen atoms in total. The predicted octanol–water partition coefficient (Wildman–Crippen LogP) is 4.85. The molecule has 4 aromatic rings. The van der Waals surface area contributed by atoms with Crippen molar-refractivity contribution in [2.24, 2.45) is 0 Å². The highest BCUT2D eigenvalue weighted by Crippen LogP contribution is 2.38. The first-order chi connectivity index (χ1) is 16.1. The lowest BCUT2D eigenvalue weighted by atomic mass is 9.97. The lowest BCUT2D eigenvalue weighted by Crippen LogP contribution is -2.29. The SMILES string of the molecule is COc1ccc([C@H](NC(=O)c2cccs2)c2nccc3cc(OC)c(OC)cc23)cc1OC. The third-order valence-corrected chi connectivity index (χ3v) is 6.20. The fraction of sp³-hybridized carbons (Fsp3) is 0.200. The number of pyridine rings is 1. The molecule has 1 amide bonds. The Morgan fingerprint density at radius 1 is 0.879 bits per heavy atom. The second-order valence-corrected chi connectivity index (χ2v) is 8.07. The van der Waals surface area contributed by atoms with E-state index < -0.39 is 6.04 Å². The van der Waals surface area contributed by atoms with Crippen LogP contribution in [0.15, 0.2) is 60.1 Å². The Morgan fingerprint density at radius 3 is 2.24 bits per heavy atom. The Balaban J connectivity index is 1.89. The number of aromatic nitrogens is 1. The van der Waals surface area contributed by atoms with E-state index in [9.17, 15) is 4.79 Å². The van der Waals surface area contributed by atoms with E-state index >= 15 is 0 Å². The van der Waals surface area contributed by atoms with Crippen molar-refractivity contribution in [2.75, 3.05) is 28.4 Å². The van der Waals surface area contributed by atoms with Gasteiger partial charge in [-0.05, 0) is 52.7 Å². The van der Waals surface area contributed by atoms with Gasteiger partial charge in [-0.3, -0.25) is 9.78 Å². The maximum Gasteiger partial charge on any atom is 0.262 e. The molecule has 1 N–H and O–H groups in total. The van der Waals surface area contributed by atoms with Crippen LogP contribution in [0.2, 0.25) is 0 Å². The van der Waals surface area contributed by atoms with Crippen LogP contribution in [-0.4, -0.2) is 39.3 Å². The molecule has 4 rings (SSSR count). The number of ether oxygens (including phenoxy) is 4. The monoisotopic (exact) mass is 464 g/mol. The molecule has 0 saturated heterocycles. The number of carbonyl (C=O) groups excluding carboxylic acids is 1. The highest BCUT2D eigenvalue weighted by molar-refractivity contribution is 7.12. The summed E-state index contributed by atoms with van der Waals surface area (Å²) in [5.74, 6) is 2.16. The number of benzene rings is 2. The number of thiophene rings is 1. The number of carbonyl (C=O) groups is 1. The van der Waals surface area contributed by atoms with Crippen LogP contribution in [0, 0.1) is 0 Å². The zero-order valence-electron chi connectivity index (χ0n) is 18.7. The molecule has 2 heterocycles. The summed E-state index contributed by atoms with van der Waals surface area (Å²) in [4.78, 5) is 18.3. The number of amides is 1. The maximum atomic E-state index is 13.1. The van der Waals surface area contributed by atoms with Crippen molar-refractivity contribution >= 4 is 28.0 Å². The number of nitrogens with one attached hydrogen (secondary N) is 1. The molecule has 1 atom stereocenters. The third-order valence-electron chi connectivity index (χ3n) is 5.33. The molecule has 0 aliphatic heterocycles. The second kappa shape index (κ2) is 9.79. The molecular weight excluding hydrogens is 440 g/mol. The number of hydrogen-bond acceptors (Lipinski definition) is 7. The van der Waals surface area contributed by atoms with E-state index in [1.54, 1.807) is 40.7 Å². The molecular formula is C25H24N2O5S. The Morgan fingerprint density at radius 2 is 1.58 bits per heavy atom. The molecule has 33 heavy (non-hydrogen) atoms. The van der Waals surface area contributed by atoms with Crippen molar-refractivity contribution in [3.63, 3.8) is 0 Å². The summed E-state index contributed by atoms with van der Waals surface area (Å²) in [7, 11) is 6.34. The molecule has 2 aromatic heterocycles. The van der Waals surface area contributed by atoms with Gasteiger partial charge in [-0.2, -0.15) is 0 Å². The van der Waals surface area contributed by atoms with Gasteiger partial charge >= 0.3 is 0 Å². The minimum Gasteiger partial charge on any atom is -0.493 e. The summed E-state index contributed by atoms with van der Waals surface area (Å²) in [6.45, 7) is 0. The van der Waals surface area contributed by atoms with Crippen molar-refractivity contribution in [3.05, 3.63) is 76.2 Å². The molecule has 0 aliphatic carbocycles. The van der Waals surface area contributed by atoms with Gasteiger partial charge in [-0.25, -0.2) is 0 Å². The van der Waals surface area contributed by atoms with Gasteiger partial charge in [0, 0.05) is 11.6 Å². The molecule has 0 spiro atoms. The Kier molecular flexibility index (Phi) is 6.65. The summed E-state index contributed by atoms with van der Waals surface area (Å²) < 4.78 is 21.9. The average molecular weight is 465 g/mol. The number of rotatable bonds is 8. The van der Waals surface area contributed by atoms with Crippen LogP contribution >= 0.6 is 11.3 Å². The van der Waals surface area contributed by atoms with Gasteiger partial charge in [0.15, 0.2) is 23.0 Å². The van der Waals surface area contributed by atoms with Crippen molar-refractivity contribution in [1.82, 2.24) is 10.3 Å². The summed E-state index contributed by atoms with van der Waals surface area (Å²) in [5.41, 5.74) is 1.47. The fourth-order valence-electron chi connectivity index (χ4n) is 3.70. The standard InChI is InChI=1S/C25H24N2O5S/c1-29-18-8-7-16(13-19(18)30-2)23(27-25(28)22-6-5-11-33-22)24-17-14-21(32-4)20(31-3)12-15(17)9-10-26-24/h5-14,23H,1-4H3,(H,27,28)/t23-/m0/s1. The fourth-order valence-corrected chi connectivity index (χ4v) is 4.33. The molecule has 0 fully saturated rings. The molecule has 8 heteroatoms. The molecule has 0 aliphatic rings. The van der Waals surface area contributed by atoms with Gasteiger partial charge in [0.2, 0.25) is 0 Å². The first kappa shape index (κ1) is 22.4. The van der Waals surface area contributed by atoms with Crippen molar-refractivity contribution < 1.29 is 23.7 Å². The van der Waals surface area contributed by atoms with Crippen LogP contribution in [-0.2, 0) is 0 Å². The van der Waals surface area contributed by atoms with Crippen molar-refractivity contribution in [1.29, 1.82) is 0 Å². The Hall–Kier alpha value is -3.78. The van der Waals surface area contributed by atoms with E-state index in [2.05, 4.69) is 10.3 Å². The van der Waals surface area contributed by atoms with Crippen LogP contribution in [0.3, 0.4) is 0 Å². The summed E-state index contributed by atoms with van der Waals surface area (Å²) in [6, 6.07) is 14.3. The van der Waals surface area contributed by atoms with E-state index in [1.807, 2.05) is 47.8 Å². The van der Waals surface area contributed by atoms with Gasteiger partial charge in [0.05, 0.1) is 45.1 Å². The predicted molar refractivity (Wildman–Crippen MR) is 128 cm³/mol. The number of nitrogens with zero attached hydrogens (tertiary/aromatic N) is 1. The molecule has 170 valence electrons. The first-order valence-electron chi connectivity index (χ1n) is 10.2. The lowest BCUT2D eigenvalue weighted by Gasteiger charge is -2.22. The van der Waals surface area contributed by atoms with Gasteiger partial charge in [0.25, 0.3) is 5.91 Å². The van der Waals surface area contributed by atoms with E-state index in [-0.39, 0.29) is 5.91 Å². The first-order valence-corrected chi connectivity index (χ1v) is 11.0. The highest BCUT2D eigenvalue weighted by Gasteiger charge is 2.24. The third kappa shape index (κ3) is 4.42. The van der Waals surface area contributed by atoms with Crippen molar-refractivity contribution in [2.45, 2.75) is 6.04 Å². The Labute approximate surface area is 195 Å². The summed E-state index contributed by atoms with van der Waals surface area (Å²) in [6.07, 6.45) is 1.72. The van der Waals surface area contributed by atoms with Gasteiger partial charge < -0.3 is 24.3 Å². The second-order valence-electron chi connectivity index (χ2n) is 7.12. The highest BCUT2D eigenvalue weighted by atomic mass is 32.1. The topological polar surface area (TPSA) is 78.9 Å². The van der Waals surface area contributed by atoms with E-state index in [0.29, 0.717) is 33.6 Å². The van der Waals surface area contributed by atoms with E-state index in [0.717, 1.165) is 16.3 Å². The molecule has 0 saturated carbocycles. The zero-order chi connectivity index (χ0) is 23.4. The molecule has 0 unspecified atom stereocenters. The quantitative estimate of drug-likeness (QED) is 0.402. The minimum absolute atomic E-state index is 0.191. The Bertz CT molecular complexity index is 1270. The van der Waals surface area contributed by atoms with Gasteiger partial charge in [0.1, 0.15) is 0 Å². The molecule has 0 bridgehead atoms. The van der Waals surface area contributed by atoms with Crippen LogP contribution in [0.4, 0.5) is 0 Å². The zero-order valence-corrected chi connectivity index (χ0v) is 19.6. The number of hydrogen-bond donors (Lipinski definition) is 1. The van der Waals surface area contributed by atoms with Gasteiger partial charge in [-0.1, -0.05) is 12.1 Å². The molecule has 0 radical (unpaired) electrons. The average Bonchev–Trinajstić information content (AvgIpc) is 3.41.